The summed E-state index contributed by atoms with van der Waals surface area (Å²) in [5.74, 6) is 0.595. The molecule has 3 rings (SSSR count). The van der Waals surface area contributed by atoms with Gasteiger partial charge in [0, 0.05) is 24.5 Å². The average molecular weight is 368 g/mol. The normalized spacial score (nSPS) is 15.3. The molecule has 1 saturated heterocycles. The summed E-state index contributed by atoms with van der Waals surface area (Å²) < 4.78 is 11.3. The molecule has 1 heterocycles. The first kappa shape index (κ1) is 19.2. The van der Waals surface area contributed by atoms with Gasteiger partial charge in [0.2, 0.25) is 0 Å². The molecule has 1 aliphatic rings. The monoisotopic (exact) mass is 368 g/mol. The Morgan fingerprint density at radius 3 is 2.44 bits per heavy atom. The van der Waals surface area contributed by atoms with Crippen LogP contribution in [0.3, 0.4) is 0 Å². The number of amides is 1. The Bertz CT molecular complexity index is 768. The molecule has 0 unspecified atom stereocenters. The van der Waals surface area contributed by atoms with Gasteiger partial charge in [-0.15, -0.1) is 0 Å². The van der Waals surface area contributed by atoms with Gasteiger partial charge in [0.05, 0.1) is 13.2 Å². The lowest BCUT2D eigenvalue weighted by Crippen LogP contribution is -2.36. The number of aryl methyl sites for hydroxylation is 2. The second kappa shape index (κ2) is 8.91. The number of rotatable bonds is 6. The molecule has 0 bridgehead atoms. The summed E-state index contributed by atoms with van der Waals surface area (Å²) in [7, 11) is 0. The maximum atomic E-state index is 12.6. The summed E-state index contributed by atoms with van der Waals surface area (Å²) >= 11 is 0. The SMILES string of the molecule is CC[C@H](Oc1ccc(C)c(C)c1)C(=O)Nc1ccc(N2CCOCC2)cc1. The summed E-state index contributed by atoms with van der Waals surface area (Å²) in [5.41, 5.74) is 4.29. The average Bonchev–Trinajstić information content (AvgIpc) is 2.70. The number of nitrogens with one attached hydrogen (secondary N) is 1. The van der Waals surface area contributed by atoms with Crippen LogP contribution < -0.4 is 15.0 Å². The van der Waals surface area contributed by atoms with Gasteiger partial charge in [-0.25, -0.2) is 0 Å². The lowest BCUT2D eigenvalue weighted by molar-refractivity contribution is -0.122. The molecule has 0 aromatic heterocycles. The van der Waals surface area contributed by atoms with E-state index in [1.807, 2.05) is 56.3 Å². The molecule has 2 aromatic rings. The van der Waals surface area contributed by atoms with E-state index < -0.39 is 6.10 Å². The number of carbonyl (C=O) groups is 1. The number of benzene rings is 2. The molecule has 5 nitrogen and oxygen atoms in total. The van der Waals surface area contributed by atoms with Crippen LogP contribution in [0.2, 0.25) is 0 Å². The number of ether oxygens (including phenoxy) is 2. The molecule has 0 spiro atoms. The van der Waals surface area contributed by atoms with Crippen molar-refractivity contribution in [2.24, 2.45) is 0 Å². The molecule has 1 aliphatic heterocycles. The number of hydrogen-bond acceptors (Lipinski definition) is 4. The second-order valence-electron chi connectivity index (χ2n) is 6.90. The predicted molar refractivity (Wildman–Crippen MR) is 109 cm³/mol. The van der Waals surface area contributed by atoms with Gasteiger partial charge in [-0.05, 0) is 67.8 Å². The quantitative estimate of drug-likeness (QED) is 0.839. The van der Waals surface area contributed by atoms with Gasteiger partial charge in [-0.2, -0.15) is 0 Å². The van der Waals surface area contributed by atoms with E-state index >= 15 is 0 Å². The van der Waals surface area contributed by atoms with E-state index in [1.54, 1.807) is 0 Å². The molecule has 144 valence electrons. The molecular formula is C22H28N2O3. The van der Waals surface area contributed by atoms with E-state index in [-0.39, 0.29) is 5.91 Å². The minimum Gasteiger partial charge on any atom is -0.481 e. The molecule has 1 atom stereocenters. The van der Waals surface area contributed by atoms with Crippen LogP contribution in [0.1, 0.15) is 24.5 Å². The van der Waals surface area contributed by atoms with E-state index in [9.17, 15) is 4.79 Å². The number of morpholine rings is 1. The standard InChI is InChI=1S/C22H28N2O3/c1-4-21(27-20-10-5-16(2)17(3)15-20)22(25)23-18-6-8-19(9-7-18)24-11-13-26-14-12-24/h5-10,15,21H,4,11-14H2,1-3H3,(H,23,25)/t21-/m0/s1. The van der Waals surface area contributed by atoms with Crippen molar-refractivity contribution in [3.8, 4) is 5.75 Å². The number of anilines is 2. The smallest absolute Gasteiger partial charge is 0.265 e. The maximum Gasteiger partial charge on any atom is 0.265 e. The van der Waals surface area contributed by atoms with Gasteiger partial charge in [0.1, 0.15) is 5.75 Å². The molecule has 27 heavy (non-hydrogen) atoms. The largest absolute Gasteiger partial charge is 0.481 e. The van der Waals surface area contributed by atoms with Gasteiger partial charge in [-0.3, -0.25) is 4.79 Å². The highest BCUT2D eigenvalue weighted by atomic mass is 16.5. The predicted octanol–water partition coefficient (Wildman–Crippen LogP) is 3.94. The minimum absolute atomic E-state index is 0.130. The van der Waals surface area contributed by atoms with E-state index in [0.717, 1.165) is 49.0 Å². The summed E-state index contributed by atoms with van der Waals surface area (Å²) in [5, 5.41) is 2.96. The third-order valence-electron chi connectivity index (χ3n) is 4.93. The highest BCUT2D eigenvalue weighted by Gasteiger charge is 2.19. The van der Waals surface area contributed by atoms with Crippen LogP contribution in [-0.2, 0) is 9.53 Å². The van der Waals surface area contributed by atoms with Crippen LogP contribution in [0.4, 0.5) is 11.4 Å². The van der Waals surface area contributed by atoms with Crippen molar-refractivity contribution in [3.63, 3.8) is 0 Å². The zero-order chi connectivity index (χ0) is 19.2. The Balaban J connectivity index is 1.61. The van der Waals surface area contributed by atoms with Crippen molar-refractivity contribution in [1.29, 1.82) is 0 Å². The van der Waals surface area contributed by atoms with Crippen LogP contribution in [-0.4, -0.2) is 38.3 Å². The summed E-state index contributed by atoms with van der Waals surface area (Å²) in [6.45, 7) is 9.36. The summed E-state index contributed by atoms with van der Waals surface area (Å²) in [6.07, 6.45) is 0.0796. The van der Waals surface area contributed by atoms with Gasteiger partial charge in [0.25, 0.3) is 5.91 Å². The third kappa shape index (κ3) is 5.01. The highest BCUT2D eigenvalue weighted by Crippen LogP contribution is 2.21. The number of hydrogen-bond donors (Lipinski definition) is 1. The Hall–Kier alpha value is -2.53. The first-order valence-electron chi connectivity index (χ1n) is 9.54. The Morgan fingerprint density at radius 1 is 1.11 bits per heavy atom. The van der Waals surface area contributed by atoms with Crippen molar-refractivity contribution >= 4 is 17.3 Å². The number of nitrogens with zero attached hydrogens (tertiary/aromatic N) is 1. The van der Waals surface area contributed by atoms with Crippen LogP contribution >= 0.6 is 0 Å². The third-order valence-corrected chi connectivity index (χ3v) is 4.93. The van der Waals surface area contributed by atoms with E-state index in [0.29, 0.717) is 6.42 Å². The molecule has 0 saturated carbocycles. The summed E-state index contributed by atoms with van der Waals surface area (Å²) in [6, 6.07) is 13.8. The molecular weight excluding hydrogens is 340 g/mol. The first-order valence-corrected chi connectivity index (χ1v) is 9.54. The molecule has 1 fully saturated rings. The zero-order valence-corrected chi connectivity index (χ0v) is 16.3. The van der Waals surface area contributed by atoms with Gasteiger partial charge in [0.15, 0.2) is 6.10 Å². The van der Waals surface area contributed by atoms with Crippen molar-refractivity contribution in [3.05, 3.63) is 53.6 Å². The van der Waals surface area contributed by atoms with Crippen LogP contribution in [0, 0.1) is 13.8 Å². The van der Waals surface area contributed by atoms with Gasteiger partial charge >= 0.3 is 0 Å². The van der Waals surface area contributed by atoms with Crippen LogP contribution in [0.15, 0.2) is 42.5 Å². The zero-order valence-electron chi connectivity index (χ0n) is 16.3. The molecule has 0 aliphatic carbocycles. The molecule has 2 aromatic carbocycles. The fraction of sp³-hybridized carbons (Fsp3) is 0.409. The molecule has 1 amide bonds. The van der Waals surface area contributed by atoms with Crippen LogP contribution in [0.5, 0.6) is 5.75 Å². The van der Waals surface area contributed by atoms with Gasteiger partial charge in [-0.1, -0.05) is 13.0 Å². The minimum atomic E-state index is -0.522. The summed E-state index contributed by atoms with van der Waals surface area (Å²) in [4.78, 5) is 14.9. The fourth-order valence-electron chi connectivity index (χ4n) is 3.07. The van der Waals surface area contributed by atoms with Crippen molar-refractivity contribution in [1.82, 2.24) is 0 Å². The van der Waals surface area contributed by atoms with E-state index in [4.69, 9.17) is 9.47 Å². The highest BCUT2D eigenvalue weighted by molar-refractivity contribution is 5.94. The topological polar surface area (TPSA) is 50.8 Å². The van der Waals surface area contributed by atoms with Crippen molar-refractivity contribution < 1.29 is 14.3 Å². The Kier molecular flexibility index (Phi) is 6.35. The lowest BCUT2D eigenvalue weighted by atomic mass is 10.1. The van der Waals surface area contributed by atoms with Crippen LogP contribution in [0.25, 0.3) is 0 Å². The second-order valence-corrected chi connectivity index (χ2v) is 6.90. The number of carbonyl (C=O) groups excluding carboxylic acids is 1. The van der Waals surface area contributed by atoms with E-state index in [1.165, 1.54) is 5.56 Å². The Morgan fingerprint density at radius 2 is 1.81 bits per heavy atom. The first-order chi connectivity index (χ1) is 13.1. The van der Waals surface area contributed by atoms with Gasteiger partial charge < -0.3 is 19.7 Å². The van der Waals surface area contributed by atoms with E-state index in [2.05, 4.69) is 17.1 Å². The maximum absolute atomic E-state index is 12.6. The lowest BCUT2D eigenvalue weighted by Gasteiger charge is -2.29. The van der Waals surface area contributed by atoms with Crippen molar-refractivity contribution in [2.75, 3.05) is 36.5 Å². The molecule has 0 radical (unpaired) electrons. The molecule has 1 N–H and O–H groups in total. The Labute approximate surface area is 161 Å². The molecule has 5 heteroatoms. The van der Waals surface area contributed by atoms with Crippen molar-refractivity contribution in [2.45, 2.75) is 33.3 Å². The fourth-order valence-corrected chi connectivity index (χ4v) is 3.07.